The highest BCUT2D eigenvalue weighted by Crippen LogP contribution is 2.33. The first-order valence-electron chi connectivity index (χ1n) is 5.68. The zero-order valence-electron chi connectivity index (χ0n) is 10.9. The Morgan fingerprint density at radius 3 is 2.43 bits per heavy atom. The Bertz CT molecular complexity index is 663. The number of hydrogen-bond acceptors (Lipinski definition) is 3. The Kier molecular flexibility index (Phi) is 6.90. The fourth-order valence-electron chi connectivity index (χ4n) is 1.57. The molecule has 116 valence electrons. The lowest BCUT2D eigenvalue weighted by Crippen LogP contribution is -2.38. The van der Waals surface area contributed by atoms with Crippen LogP contribution in [-0.4, -0.2) is 30.8 Å². The van der Waals surface area contributed by atoms with Gasteiger partial charge in [-0.3, -0.25) is 0 Å². The van der Waals surface area contributed by atoms with Crippen LogP contribution in [0.2, 0.25) is 15.1 Å². The summed E-state index contributed by atoms with van der Waals surface area (Å²) in [6.07, 6.45) is 1.44. The van der Waals surface area contributed by atoms with Gasteiger partial charge in [0.1, 0.15) is 0 Å². The van der Waals surface area contributed by atoms with E-state index in [1.165, 1.54) is 18.2 Å². The second-order valence-electron chi connectivity index (χ2n) is 4.13. The topological polar surface area (TPSA) is 63.4 Å². The van der Waals surface area contributed by atoms with Crippen molar-refractivity contribution in [2.75, 3.05) is 13.1 Å². The van der Waals surface area contributed by atoms with E-state index in [2.05, 4.69) is 6.58 Å². The summed E-state index contributed by atoms with van der Waals surface area (Å²) in [7, 11) is -3.73. The van der Waals surface area contributed by atoms with Gasteiger partial charge in [0.2, 0.25) is 10.0 Å². The molecule has 0 amide bonds. The molecule has 0 saturated heterocycles. The average Bonchev–Trinajstić information content (AvgIpc) is 2.38. The van der Waals surface area contributed by atoms with Crippen LogP contribution in [0, 0.1) is 0 Å². The van der Waals surface area contributed by atoms with Crippen molar-refractivity contribution in [3.8, 4) is 0 Å². The molecule has 0 spiro atoms. The van der Waals surface area contributed by atoms with Gasteiger partial charge in [-0.15, -0.1) is 6.58 Å². The van der Waals surface area contributed by atoms with Crippen molar-refractivity contribution in [2.45, 2.75) is 5.75 Å². The Labute approximate surface area is 144 Å². The first kappa shape index (κ1) is 18.7. The molecule has 0 heterocycles. The molecule has 0 unspecified atom stereocenters. The predicted octanol–water partition coefficient (Wildman–Crippen LogP) is 3.25. The van der Waals surface area contributed by atoms with Gasteiger partial charge in [0.25, 0.3) is 0 Å². The third-order valence-corrected chi connectivity index (χ3v) is 5.57. The molecule has 0 atom stereocenters. The summed E-state index contributed by atoms with van der Waals surface area (Å²) in [6, 6.07) is 2.99. The van der Waals surface area contributed by atoms with Crippen LogP contribution >= 0.6 is 47.0 Å². The second-order valence-corrected chi connectivity index (χ2v) is 7.81. The van der Waals surface area contributed by atoms with E-state index in [0.29, 0.717) is 0 Å². The van der Waals surface area contributed by atoms with E-state index in [-0.39, 0.29) is 38.7 Å². The monoisotopic (exact) mass is 386 g/mol. The van der Waals surface area contributed by atoms with E-state index in [0.717, 1.165) is 4.31 Å². The summed E-state index contributed by atoms with van der Waals surface area (Å²) in [5.41, 5.74) is 5.65. The molecule has 0 aromatic heterocycles. The molecular formula is C12H13Cl3N2O2S2. The molecule has 0 radical (unpaired) electrons. The van der Waals surface area contributed by atoms with Crippen molar-refractivity contribution in [1.29, 1.82) is 0 Å². The number of sulfonamides is 1. The molecule has 4 nitrogen and oxygen atoms in total. The van der Waals surface area contributed by atoms with E-state index in [9.17, 15) is 8.42 Å². The summed E-state index contributed by atoms with van der Waals surface area (Å²) in [4.78, 5) is 0.0590. The van der Waals surface area contributed by atoms with Crippen molar-refractivity contribution >= 4 is 62.0 Å². The van der Waals surface area contributed by atoms with E-state index < -0.39 is 15.8 Å². The van der Waals surface area contributed by atoms with Gasteiger partial charge in [0.05, 0.1) is 27.3 Å². The smallest absolute Gasteiger partial charge is 0.219 e. The molecule has 1 aromatic carbocycles. The van der Waals surface area contributed by atoms with Gasteiger partial charge in [0, 0.05) is 17.1 Å². The highest BCUT2D eigenvalue weighted by atomic mass is 35.5. The van der Waals surface area contributed by atoms with Crippen LogP contribution in [0.3, 0.4) is 0 Å². The number of hydrogen-bond donors (Lipinski definition) is 1. The van der Waals surface area contributed by atoms with Crippen LogP contribution in [0.5, 0.6) is 0 Å². The molecule has 0 aliphatic rings. The summed E-state index contributed by atoms with van der Waals surface area (Å²) in [5, 5.41) is 0.569. The number of thiocarbonyl (C=S) groups is 1. The van der Waals surface area contributed by atoms with Crippen LogP contribution in [0.15, 0.2) is 24.8 Å². The van der Waals surface area contributed by atoms with E-state index in [1.807, 2.05) is 0 Å². The van der Waals surface area contributed by atoms with Crippen LogP contribution in [0.1, 0.15) is 5.56 Å². The number of nitrogens with two attached hydrogens (primary N) is 1. The fraction of sp³-hybridized carbons (Fsp3) is 0.250. The van der Waals surface area contributed by atoms with Gasteiger partial charge in [0.15, 0.2) is 0 Å². The first-order chi connectivity index (χ1) is 9.69. The zero-order valence-corrected chi connectivity index (χ0v) is 14.8. The van der Waals surface area contributed by atoms with Gasteiger partial charge in [-0.25, -0.2) is 8.42 Å². The van der Waals surface area contributed by atoms with E-state index >= 15 is 0 Å². The minimum atomic E-state index is -3.73. The Balaban J connectivity index is 3.17. The third-order valence-electron chi connectivity index (χ3n) is 2.52. The maximum atomic E-state index is 12.4. The number of halogens is 3. The Morgan fingerprint density at radius 1 is 1.33 bits per heavy atom. The summed E-state index contributed by atoms with van der Waals surface area (Å²) in [5.74, 6) is -0.401. The molecule has 9 heteroatoms. The van der Waals surface area contributed by atoms with Crippen molar-refractivity contribution in [1.82, 2.24) is 4.31 Å². The summed E-state index contributed by atoms with van der Waals surface area (Å²) in [6.45, 7) is 3.51. The second kappa shape index (κ2) is 7.76. The normalized spacial score (nSPS) is 11.6. The molecule has 21 heavy (non-hydrogen) atoms. The minimum Gasteiger partial charge on any atom is -0.392 e. The SMILES string of the molecule is C=CCN(CC(N)=S)S(=O)(=O)Cc1c(Cl)ccc(Cl)c1Cl. The largest absolute Gasteiger partial charge is 0.392 e. The predicted molar refractivity (Wildman–Crippen MR) is 92.7 cm³/mol. The van der Waals surface area contributed by atoms with Gasteiger partial charge < -0.3 is 5.73 Å². The van der Waals surface area contributed by atoms with Crippen LogP contribution in [0.4, 0.5) is 0 Å². The zero-order chi connectivity index (χ0) is 16.2. The Hall–Kier alpha value is -0.370. The Morgan fingerprint density at radius 2 is 1.90 bits per heavy atom. The maximum Gasteiger partial charge on any atom is 0.219 e. The highest BCUT2D eigenvalue weighted by Gasteiger charge is 2.25. The molecule has 1 aromatic rings. The van der Waals surface area contributed by atoms with Gasteiger partial charge in [-0.05, 0) is 12.1 Å². The molecule has 1 rings (SSSR count). The van der Waals surface area contributed by atoms with Crippen molar-refractivity contribution in [3.05, 3.63) is 45.4 Å². The molecule has 0 saturated carbocycles. The number of rotatable bonds is 7. The fourth-order valence-corrected chi connectivity index (χ4v) is 4.16. The molecule has 0 fully saturated rings. The summed E-state index contributed by atoms with van der Waals surface area (Å²) < 4.78 is 26.0. The van der Waals surface area contributed by atoms with E-state index in [4.69, 9.17) is 52.8 Å². The van der Waals surface area contributed by atoms with Gasteiger partial charge in [-0.2, -0.15) is 4.31 Å². The van der Waals surface area contributed by atoms with Crippen molar-refractivity contribution in [2.24, 2.45) is 5.73 Å². The van der Waals surface area contributed by atoms with E-state index in [1.54, 1.807) is 0 Å². The molecule has 2 N–H and O–H groups in total. The lowest BCUT2D eigenvalue weighted by Gasteiger charge is -2.21. The third kappa shape index (κ3) is 5.09. The van der Waals surface area contributed by atoms with Gasteiger partial charge >= 0.3 is 0 Å². The minimum absolute atomic E-state index is 0.0590. The average molecular weight is 388 g/mol. The first-order valence-corrected chi connectivity index (χ1v) is 8.83. The molecular weight excluding hydrogens is 375 g/mol. The van der Waals surface area contributed by atoms with Crippen LogP contribution in [0.25, 0.3) is 0 Å². The van der Waals surface area contributed by atoms with Crippen molar-refractivity contribution in [3.63, 3.8) is 0 Å². The number of nitrogens with zero attached hydrogens (tertiary/aromatic N) is 1. The van der Waals surface area contributed by atoms with Crippen LogP contribution < -0.4 is 5.73 Å². The molecule has 0 aliphatic carbocycles. The van der Waals surface area contributed by atoms with Crippen LogP contribution in [-0.2, 0) is 15.8 Å². The molecule has 0 bridgehead atoms. The maximum absolute atomic E-state index is 12.4. The van der Waals surface area contributed by atoms with Gasteiger partial charge in [-0.1, -0.05) is 53.1 Å². The standard InChI is InChI=1S/C12H13Cl3N2O2S2/c1-2-5-17(6-11(16)20)21(18,19)7-8-9(13)3-4-10(14)12(8)15/h2-4H,1,5-7H2,(H2,16,20). The van der Waals surface area contributed by atoms with Crippen molar-refractivity contribution < 1.29 is 8.42 Å². The lowest BCUT2D eigenvalue weighted by atomic mass is 10.2. The highest BCUT2D eigenvalue weighted by molar-refractivity contribution is 7.88. The summed E-state index contributed by atoms with van der Waals surface area (Å²) >= 11 is 22.7. The quantitative estimate of drug-likeness (QED) is 0.443. The number of benzene rings is 1. The molecule has 0 aliphatic heterocycles. The lowest BCUT2D eigenvalue weighted by molar-refractivity contribution is 0.481.